The van der Waals surface area contributed by atoms with Gasteiger partial charge in [-0.2, -0.15) is 0 Å². The highest BCUT2D eigenvalue weighted by Gasteiger charge is 2.22. The summed E-state index contributed by atoms with van der Waals surface area (Å²) in [6, 6.07) is 0.707. The molecule has 2 fully saturated rings. The van der Waals surface area contributed by atoms with Crippen molar-refractivity contribution in [2.24, 2.45) is 11.8 Å². The number of nitrogens with one attached hydrogen (secondary N) is 1. The van der Waals surface area contributed by atoms with E-state index in [0.717, 1.165) is 31.5 Å². The van der Waals surface area contributed by atoms with Gasteiger partial charge in [-0.25, -0.2) is 0 Å². The molecule has 0 spiro atoms. The third-order valence-corrected chi connectivity index (χ3v) is 5.59. The summed E-state index contributed by atoms with van der Waals surface area (Å²) in [7, 11) is 0. The van der Waals surface area contributed by atoms with Crippen LogP contribution in [0, 0.1) is 11.8 Å². The molecule has 1 atom stereocenters. The topological polar surface area (TPSA) is 32.3 Å². The normalized spacial score (nSPS) is 23.2. The molecule has 1 saturated carbocycles. The van der Waals surface area contributed by atoms with E-state index in [1.54, 1.807) is 6.92 Å². The lowest BCUT2D eigenvalue weighted by Crippen LogP contribution is -2.41. The summed E-state index contributed by atoms with van der Waals surface area (Å²) in [6.45, 7) is 7.08. The first-order chi connectivity index (χ1) is 10.2. The first-order valence-corrected chi connectivity index (χ1v) is 9.18. The maximum atomic E-state index is 11.3. The fourth-order valence-electron chi connectivity index (χ4n) is 4.00. The molecule has 2 rings (SSSR count). The molecular weight excluding hydrogens is 260 g/mol. The Morgan fingerprint density at radius 1 is 1.10 bits per heavy atom. The van der Waals surface area contributed by atoms with Crippen molar-refractivity contribution < 1.29 is 4.79 Å². The molecule has 1 heterocycles. The Kier molecular flexibility index (Phi) is 7.01. The first kappa shape index (κ1) is 16.8. The van der Waals surface area contributed by atoms with E-state index in [1.807, 2.05) is 4.90 Å². The lowest BCUT2D eigenvalue weighted by Gasteiger charge is -2.33. The molecule has 1 saturated heterocycles. The van der Waals surface area contributed by atoms with Crippen molar-refractivity contribution in [1.29, 1.82) is 0 Å². The first-order valence-electron chi connectivity index (χ1n) is 9.18. The monoisotopic (exact) mass is 294 g/mol. The van der Waals surface area contributed by atoms with Crippen LogP contribution in [0.1, 0.15) is 71.6 Å². The van der Waals surface area contributed by atoms with Crippen LogP contribution in [-0.2, 0) is 4.79 Å². The van der Waals surface area contributed by atoms with Gasteiger partial charge in [0.25, 0.3) is 0 Å². The van der Waals surface area contributed by atoms with Crippen molar-refractivity contribution in [3.8, 4) is 0 Å². The van der Waals surface area contributed by atoms with Gasteiger partial charge in [0.1, 0.15) is 0 Å². The number of piperidine rings is 1. The molecule has 1 unspecified atom stereocenters. The quantitative estimate of drug-likeness (QED) is 0.812. The molecule has 1 N–H and O–H groups in total. The Morgan fingerprint density at radius 3 is 2.33 bits per heavy atom. The van der Waals surface area contributed by atoms with Gasteiger partial charge < -0.3 is 10.2 Å². The van der Waals surface area contributed by atoms with E-state index in [2.05, 4.69) is 12.2 Å². The Hall–Kier alpha value is -0.570. The maximum Gasteiger partial charge on any atom is 0.219 e. The molecule has 1 amide bonds. The van der Waals surface area contributed by atoms with E-state index in [4.69, 9.17) is 0 Å². The van der Waals surface area contributed by atoms with Crippen LogP contribution in [0.5, 0.6) is 0 Å². The van der Waals surface area contributed by atoms with Crippen LogP contribution >= 0.6 is 0 Å². The van der Waals surface area contributed by atoms with Crippen LogP contribution in [0.25, 0.3) is 0 Å². The number of likely N-dealkylation sites (tertiary alicyclic amines) is 1. The molecule has 0 aromatic heterocycles. The Labute approximate surface area is 130 Å². The van der Waals surface area contributed by atoms with Crippen LogP contribution in [0.3, 0.4) is 0 Å². The molecule has 3 heteroatoms. The van der Waals surface area contributed by atoms with Crippen LogP contribution < -0.4 is 5.32 Å². The van der Waals surface area contributed by atoms with Crippen molar-refractivity contribution >= 4 is 5.91 Å². The van der Waals surface area contributed by atoms with Gasteiger partial charge in [-0.15, -0.1) is 0 Å². The molecule has 3 nitrogen and oxygen atoms in total. The van der Waals surface area contributed by atoms with Gasteiger partial charge in [0, 0.05) is 26.1 Å². The van der Waals surface area contributed by atoms with Crippen molar-refractivity contribution in [3.05, 3.63) is 0 Å². The zero-order valence-electron chi connectivity index (χ0n) is 14.1. The number of hydrogen-bond acceptors (Lipinski definition) is 2. The summed E-state index contributed by atoms with van der Waals surface area (Å²) in [5.74, 6) is 1.97. The van der Waals surface area contributed by atoms with Crippen LogP contribution in [0.15, 0.2) is 0 Å². The molecule has 1 aliphatic heterocycles. The maximum absolute atomic E-state index is 11.3. The Balaban J connectivity index is 1.65. The van der Waals surface area contributed by atoms with Crippen LogP contribution in [0.4, 0.5) is 0 Å². The standard InChI is InChI=1S/C18H34N2O/c1-3-18(13-16-7-5-4-6-8-16)19-14-17-9-11-20(12-10-17)15(2)21/h16-19H,3-14H2,1-2H3. The van der Waals surface area contributed by atoms with Gasteiger partial charge in [0.2, 0.25) is 5.91 Å². The summed E-state index contributed by atoms with van der Waals surface area (Å²) in [6.07, 6.45) is 12.2. The van der Waals surface area contributed by atoms with Gasteiger partial charge >= 0.3 is 0 Å². The van der Waals surface area contributed by atoms with E-state index < -0.39 is 0 Å². The minimum absolute atomic E-state index is 0.241. The molecule has 0 aromatic carbocycles. The minimum atomic E-state index is 0.241. The molecule has 1 aliphatic carbocycles. The third kappa shape index (κ3) is 5.61. The summed E-state index contributed by atoms with van der Waals surface area (Å²) >= 11 is 0. The second kappa shape index (κ2) is 8.77. The predicted octanol–water partition coefficient (Wildman–Crippen LogP) is 3.58. The fourth-order valence-corrected chi connectivity index (χ4v) is 4.00. The third-order valence-electron chi connectivity index (χ3n) is 5.59. The molecule has 0 bridgehead atoms. The summed E-state index contributed by atoms with van der Waals surface area (Å²) in [5, 5.41) is 3.83. The highest BCUT2D eigenvalue weighted by molar-refractivity contribution is 5.73. The minimum Gasteiger partial charge on any atom is -0.343 e. The van der Waals surface area contributed by atoms with Crippen molar-refractivity contribution in [3.63, 3.8) is 0 Å². The molecule has 0 radical (unpaired) electrons. The largest absolute Gasteiger partial charge is 0.343 e. The molecule has 2 aliphatic rings. The lowest BCUT2D eigenvalue weighted by atomic mass is 9.84. The molecular formula is C18H34N2O. The van der Waals surface area contributed by atoms with Crippen molar-refractivity contribution in [2.45, 2.75) is 77.7 Å². The number of nitrogens with zero attached hydrogens (tertiary/aromatic N) is 1. The second-order valence-corrected chi connectivity index (χ2v) is 7.20. The number of amides is 1. The van der Waals surface area contributed by atoms with Gasteiger partial charge in [0.15, 0.2) is 0 Å². The molecule has 0 aromatic rings. The Bertz CT molecular complexity index is 304. The Morgan fingerprint density at radius 2 is 1.76 bits per heavy atom. The molecule has 21 heavy (non-hydrogen) atoms. The zero-order valence-corrected chi connectivity index (χ0v) is 14.1. The van der Waals surface area contributed by atoms with E-state index in [-0.39, 0.29) is 5.91 Å². The SMILES string of the molecule is CCC(CC1CCCCC1)NCC1CCN(C(C)=O)CC1. The van der Waals surface area contributed by atoms with Gasteiger partial charge in [-0.1, -0.05) is 39.0 Å². The van der Waals surface area contributed by atoms with E-state index >= 15 is 0 Å². The average molecular weight is 294 g/mol. The van der Waals surface area contributed by atoms with Gasteiger partial charge in [-0.05, 0) is 44.1 Å². The highest BCUT2D eigenvalue weighted by atomic mass is 16.2. The fraction of sp³-hybridized carbons (Fsp3) is 0.944. The zero-order chi connectivity index (χ0) is 15.1. The van der Waals surface area contributed by atoms with Crippen LogP contribution in [-0.4, -0.2) is 36.5 Å². The number of carbonyl (C=O) groups is 1. The predicted molar refractivity (Wildman–Crippen MR) is 88.3 cm³/mol. The van der Waals surface area contributed by atoms with Gasteiger partial charge in [0.05, 0.1) is 0 Å². The van der Waals surface area contributed by atoms with E-state index in [0.29, 0.717) is 6.04 Å². The van der Waals surface area contributed by atoms with E-state index in [9.17, 15) is 4.79 Å². The smallest absolute Gasteiger partial charge is 0.219 e. The second-order valence-electron chi connectivity index (χ2n) is 7.20. The molecule has 122 valence electrons. The van der Waals surface area contributed by atoms with Gasteiger partial charge in [-0.3, -0.25) is 4.79 Å². The highest BCUT2D eigenvalue weighted by Crippen LogP contribution is 2.28. The number of carbonyl (C=O) groups excluding carboxylic acids is 1. The summed E-state index contributed by atoms with van der Waals surface area (Å²) in [5.41, 5.74) is 0. The number of rotatable bonds is 6. The number of hydrogen-bond donors (Lipinski definition) is 1. The summed E-state index contributed by atoms with van der Waals surface area (Å²) in [4.78, 5) is 13.3. The lowest BCUT2D eigenvalue weighted by molar-refractivity contribution is -0.130. The van der Waals surface area contributed by atoms with Crippen molar-refractivity contribution in [1.82, 2.24) is 10.2 Å². The average Bonchev–Trinajstić information content (AvgIpc) is 2.52. The van der Waals surface area contributed by atoms with Crippen molar-refractivity contribution in [2.75, 3.05) is 19.6 Å². The van der Waals surface area contributed by atoms with E-state index in [1.165, 1.54) is 57.8 Å². The van der Waals surface area contributed by atoms with Crippen LogP contribution in [0.2, 0.25) is 0 Å². The summed E-state index contributed by atoms with van der Waals surface area (Å²) < 4.78 is 0.